The van der Waals surface area contributed by atoms with Crippen LogP contribution in [0.3, 0.4) is 0 Å². The number of hydrogen-bond acceptors (Lipinski definition) is 3. The Kier molecular flexibility index (Phi) is 8.35. The minimum atomic E-state index is 0.267. The van der Waals surface area contributed by atoms with Gasteiger partial charge in [0.15, 0.2) is 5.96 Å². The third-order valence-electron chi connectivity index (χ3n) is 5.90. The van der Waals surface area contributed by atoms with Crippen LogP contribution in [0.25, 0.3) is 0 Å². The van der Waals surface area contributed by atoms with Gasteiger partial charge in [-0.3, -0.25) is 9.79 Å². The lowest BCUT2D eigenvalue weighted by atomic mass is 10.1. The minimum Gasteiger partial charge on any atom is -0.376 e. The van der Waals surface area contributed by atoms with Crippen LogP contribution >= 0.6 is 0 Å². The summed E-state index contributed by atoms with van der Waals surface area (Å²) in [7, 11) is 1.79. The molecule has 1 aromatic carbocycles. The van der Waals surface area contributed by atoms with E-state index in [1.807, 2.05) is 23.1 Å². The van der Waals surface area contributed by atoms with Gasteiger partial charge in [-0.15, -0.1) is 0 Å². The highest BCUT2D eigenvalue weighted by atomic mass is 16.5. The second-order valence-corrected chi connectivity index (χ2v) is 8.45. The van der Waals surface area contributed by atoms with Crippen molar-refractivity contribution in [2.45, 2.75) is 51.7 Å². The first kappa shape index (κ1) is 21.6. The molecule has 3 rings (SSSR count). The van der Waals surface area contributed by atoms with E-state index in [-0.39, 0.29) is 12.0 Å². The van der Waals surface area contributed by atoms with Crippen molar-refractivity contribution in [1.29, 1.82) is 0 Å². The highest BCUT2D eigenvalue weighted by Crippen LogP contribution is 2.27. The number of hydrogen-bond donors (Lipinski definition) is 2. The van der Waals surface area contributed by atoms with Gasteiger partial charge in [0, 0.05) is 38.6 Å². The summed E-state index contributed by atoms with van der Waals surface area (Å²) < 4.78 is 5.83. The number of nitrogens with zero attached hydrogens (tertiary/aromatic N) is 2. The van der Waals surface area contributed by atoms with E-state index < -0.39 is 0 Å². The number of aliphatic imine (C=N–C) groups is 1. The molecule has 6 nitrogen and oxygen atoms in total. The van der Waals surface area contributed by atoms with Gasteiger partial charge in [0.2, 0.25) is 5.91 Å². The minimum absolute atomic E-state index is 0.267. The van der Waals surface area contributed by atoms with Gasteiger partial charge in [-0.25, -0.2) is 0 Å². The summed E-state index contributed by atoms with van der Waals surface area (Å²) in [5.41, 5.74) is 1.20. The van der Waals surface area contributed by atoms with E-state index >= 15 is 0 Å². The zero-order chi connectivity index (χ0) is 20.5. The van der Waals surface area contributed by atoms with Crippen molar-refractivity contribution in [1.82, 2.24) is 15.5 Å². The molecular formula is C23H36N4O2. The van der Waals surface area contributed by atoms with E-state index in [1.165, 1.54) is 18.4 Å². The zero-order valence-corrected chi connectivity index (χ0v) is 17.9. The Bertz CT molecular complexity index is 658. The molecule has 1 aliphatic heterocycles. The largest absolute Gasteiger partial charge is 0.376 e. The Balaban J connectivity index is 1.33. The maximum absolute atomic E-state index is 12.6. The predicted molar refractivity (Wildman–Crippen MR) is 117 cm³/mol. The second kappa shape index (κ2) is 11.2. The summed E-state index contributed by atoms with van der Waals surface area (Å²) in [6.07, 6.45) is 5.53. The van der Waals surface area contributed by atoms with E-state index in [9.17, 15) is 4.79 Å². The van der Waals surface area contributed by atoms with Crippen molar-refractivity contribution in [2.24, 2.45) is 16.8 Å². The van der Waals surface area contributed by atoms with Crippen LogP contribution in [-0.2, 0) is 16.1 Å². The normalized spacial score (nSPS) is 21.4. The van der Waals surface area contributed by atoms with Crippen LogP contribution in [0, 0.1) is 11.8 Å². The molecule has 1 amide bonds. The first-order chi connectivity index (χ1) is 14.2. The van der Waals surface area contributed by atoms with Crippen LogP contribution in [0.2, 0.25) is 0 Å². The van der Waals surface area contributed by atoms with Gasteiger partial charge in [0.25, 0.3) is 0 Å². The zero-order valence-electron chi connectivity index (χ0n) is 17.9. The number of carbonyl (C=O) groups is 1. The Morgan fingerprint density at radius 3 is 2.72 bits per heavy atom. The summed E-state index contributed by atoms with van der Waals surface area (Å²) >= 11 is 0. The number of amides is 1. The van der Waals surface area contributed by atoms with Crippen LogP contribution < -0.4 is 10.6 Å². The van der Waals surface area contributed by atoms with Gasteiger partial charge >= 0.3 is 0 Å². The average Bonchev–Trinajstić information content (AvgIpc) is 3.44. The molecule has 6 heteroatoms. The molecule has 1 aliphatic carbocycles. The lowest BCUT2D eigenvalue weighted by Gasteiger charge is -2.22. The Morgan fingerprint density at radius 2 is 2.00 bits per heavy atom. The lowest BCUT2D eigenvalue weighted by molar-refractivity contribution is -0.134. The van der Waals surface area contributed by atoms with Gasteiger partial charge in [-0.1, -0.05) is 50.1 Å². The molecule has 1 heterocycles. The van der Waals surface area contributed by atoms with Crippen molar-refractivity contribution >= 4 is 11.9 Å². The van der Waals surface area contributed by atoms with Crippen LogP contribution in [0.5, 0.6) is 0 Å². The smallest absolute Gasteiger partial charge is 0.225 e. The first-order valence-electron chi connectivity index (χ1n) is 11.0. The number of likely N-dealkylation sites (tertiary alicyclic amines) is 1. The molecule has 0 bridgehead atoms. The number of benzene rings is 1. The van der Waals surface area contributed by atoms with E-state index in [0.29, 0.717) is 25.0 Å². The molecule has 1 aromatic rings. The SMILES string of the molecule is CN=C(NCC(C)COCc1ccccc1)NC1CCN(C(=O)C2CCCC2)C1. The fourth-order valence-corrected chi connectivity index (χ4v) is 4.18. The standard InChI is InChI=1S/C23H36N4O2/c1-18(16-29-17-19-8-4-3-5-9-19)14-25-23(24-2)26-21-12-13-27(15-21)22(28)20-10-6-7-11-20/h3-5,8-9,18,20-21H,6-7,10-17H2,1-2H3,(H2,24,25,26). The summed E-state index contributed by atoms with van der Waals surface area (Å²) in [5.74, 6) is 1.81. The fraction of sp³-hybridized carbons (Fsp3) is 0.652. The van der Waals surface area contributed by atoms with Gasteiger partial charge in [-0.2, -0.15) is 0 Å². The topological polar surface area (TPSA) is 66.0 Å². The van der Waals surface area contributed by atoms with Gasteiger partial charge in [0.05, 0.1) is 13.2 Å². The summed E-state index contributed by atoms with van der Waals surface area (Å²) in [6.45, 7) is 5.95. The maximum atomic E-state index is 12.6. The third-order valence-corrected chi connectivity index (χ3v) is 5.90. The summed E-state index contributed by atoms with van der Waals surface area (Å²) in [4.78, 5) is 19.0. The van der Waals surface area contributed by atoms with Crippen molar-refractivity contribution in [3.63, 3.8) is 0 Å². The van der Waals surface area contributed by atoms with Crippen molar-refractivity contribution in [2.75, 3.05) is 33.3 Å². The third kappa shape index (κ3) is 6.74. The molecular weight excluding hydrogens is 364 g/mol. The highest BCUT2D eigenvalue weighted by molar-refractivity contribution is 5.81. The van der Waals surface area contributed by atoms with Crippen LogP contribution in [-0.4, -0.2) is 56.1 Å². The van der Waals surface area contributed by atoms with E-state index in [0.717, 1.165) is 44.9 Å². The lowest BCUT2D eigenvalue weighted by Crippen LogP contribution is -2.46. The summed E-state index contributed by atoms with van der Waals surface area (Å²) in [6, 6.07) is 10.5. The molecule has 2 fully saturated rings. The molecule has 2 N–H and O–H groups in total. The predicted octanol–water partition coefficient (Wildman–Crippen LogP) is 2.80. The maximum Gasteiger partial charge on any atom is 0.225 e. The molecule has 0 aromatic heterocycles. The Morgan fingerprint density at radius 1 is 1.24 bits per heavy atom. The molecule has 1 saturated carbocycles. The van der Waals surface area contributed by atoms with Gasteiger partial charge in [0.1, 0.15) is 0 Å². The molecule has 2 unspecified atom stereocenters. The number of ether oxygens (including phenoxy) is 1. The molecule has 0 radical (unpaired) electrons. The molecule has 2 atom stereocenters. The van der Waals surface area contributed by atoms with E-state index in [2.05, 4.69) is 34.7 Å². The van der Waals surface area contributed by atoms with Crippen LogP contribution in [0.1, 0.15) is 44.6 Å². The van der Waals surface area contributed by atoms with Crippen molar-refractivity contribution in [3.8, 4) is 0 Å². The highest BCUT2D eigenvalue weighted by Gasteiger charge is 2.32. The molecule has 29 heavy (non-hydrogen) atoms. The van der Waals surface area contributed by atoms with Crippen molar-refractivity contribution < 1.29 is 9.53 Å². The summed E-state index contributed by atoms with van der Waals surface area (Å²) in [5, 5.41) is 6.88. The van der Waals surface area contributed by atoms with E-state index in [1.54, 1.807) is 7.05 Å². The quantitative estimate of drug-likeness (QED) is 0.520. The molecule has 0 spiro atoms. The molecule has 160 valence electrons. The monoisotopic (exact) mass is 400 g/mol. The van der Waals surface area contributed by atoms with Crippen LogP contribution in [0.4, 0.5) is 0 Å². The number of guanidine groups is 1. The molecule has 1 saturated heterocycles. The van der Waals surface area contributed by atoms with Crippen molar-refractivity contribution in [3.05, 3.63) is 35.9 Å². The number of nitrogens with one attached hydrogen (secondary N) is 2. The first-order valence-corrected chi connectivity index (χ1v) is 11.0. The van der Waals surface area contributed by atoms with Gasteiger partial charge < -0.3 is 20.3 Å². The van der Waals surface area contributed by atoms with Crippen LogP contribution in [0.15, 0.2) is 35.3 Å². The average molecular weight is 401 g/mol. The van der Waals surface area contributed by atoms with E-state index in [4.69, 9.17) is 4.74 Å². The van der Waals surface area contributed by atoms with Gasteiger partial charge in [-0.05, 0) is 30.7 Å². The molecule has 2 aliphatic rings. The fourth-order valence-electron chi connectivity index (χ4n) is 4.18. The second-order valence-electron chi connectivity index (χ2n) is 8.45. The number of rotatable bonds is 8. The Hall–Kier alpha value is -2.08. The number of carbonyl (C=O) groups excluding carboxylic acids is 1. The Labute approximate surface area is 175 Å².